The molecule has 0 aliphatic heterocycles. The molecule has 25 heavy (non-hydrogen) atoms. The molecule has 132 valence electrons. The highest BCUT2D eigenvalue weighted by atomic mass is 32.2. The molecule has 2 aromatic carbocycles. The van der Waals surface area contributed by atoms with Gasteiger partial charge >= 0.3 is 6.18 Å². The first kappa shape index (κ1) is 18.8. The highest BCUT2D eigenvalue weighted by Crippen LogP contribution is 2.29. The lowest BCUT2D eigenvalue weighted by atomic mass is 10.1. The van der Waals surface area contributed by atoms with Crippen LogP contribution in [0.25, 0.3) is 0 Å². The van der Waals surface area contributed by atoms with Crippen LogP contribution in [0.15, 0.2) is 53.4 Å². The van der Waals surface area contributed by atoms with Crippen molar-refractivity contribution in [3.63, 3.8) is 0 Å². The minimum atomic E-state index is -4.45. The summed E-state index contributed by atoms with van der Waals surface area (Å²) in [7, 11) is -2.30. The molecule has 0 radical (unpaired) electrons. The van der Waals surface area contributed by atoms with E-state index >= 15 is 0 Å². The maximum atomic E-state index is 12.6. The van der Waals surface area contributed by atoms with Crippen molar-refractivity contribution in [3.05, 3.63) is 59.7 Å². The second kappa shape index (κ2) is 7.59. The van der Waals surface area contributed by atoms with Gasteiger partial charge in [0.25, 0.3) is 0 Å². The molecule has 0 aromatic heterocycles. The van der Waals surface area contributed by atoms with Crippen molar-refractivity contribution in [2.24, 2.45) is 0 Å². The number of nitrogens with one attached hydrogen (secondary N) is 1. The van der Waals surface area contributed by atoms with E-state index in [1.54, 1.807) is 0 Å². The molecule has 0 aliphatic rings. The first-order valence-corrected chi connectivity index (χ1v) is 8.50. The van der Waals surface area contributed by atoms with E-state index in [0.717, 1.165) is 12.1 Å². The summed E-state index contributed by atoms with van der Waals surface area (Å²) in [6.07, 6.45) is -4.45. The molecular formula is C17H14F3NO3S. The molecule has 0 atom stereocenters. The molecule has 2 aromatic rings. The molecule has 4 nitrogen and oxygen atoms in total. The third-order valence-corrected chi connectivity index (χ3v) is 4.56. The Morgan fingerprint density at radius 2 is 1.80 bits per heavy atom. The van der Waals surface area contributed by atoms with E-state index in [0.29, 0.717) is 5.75 Å². The number of sulfonamides is 1. The summed E-state index contributed by atoms with van der Waals surface area (Å²) in [4.78, 5) is 0.0363. The minimum Gasteiger partial charge on any atom is -0.497 e. The summed E-state index contributed by atoms with van der Waals surface area (Å²) in [5.41, 5.74) is -0.656. The third kappa shape index (κ3) is 5.24. The Kier molecular flexibility index (Phi) is 5.72. The predicted octanol–water partition coefficient (Wildman–Crippen LogP) is 3.04. The molecule has 2 rings (SSSR count). The SMILES string of the molecule is COc1ccc(S(=O)(=O)NCC#Cc2cccc(C(F)(F)F)c2)cc1. The van der Waals surface area contributed by atoms with E-state index < -0.39 is 21.8 Å². The minimum absolute atomic E-state index is 0.0363. The highest BCUT2D eigenvalue weighted by Gasteiger charge is 2.30. The van der Waals surface area contributed by atoms with Gasteiger partial charge < -0.3 is 4.74 Å². The van der Waals surface area contributed by atoms with Gasteiger partial charge in [0.1, 0.15) is 5.75 Å². The summed E-state index contributed by atoms with van der Waals surface area (Å²) >= 11 is 0. The number of hydrogen-bond donors (Lipinski definition) is 1. The fourth-order valence-electron chi connectivity index (χ4n) is 1.89. The predicted molar refractivity (Wildman–Crippen MR) is 86.5 cm³/mol. The van der Waals surface area contributed by atoms with Gasteiger partial charge in [-0.05, 0) is 42.5 Å². The van der Waals surface area contributed by atoms with Crippen LogP contribution >= 0.6 is 0 Å². The van der Waals surface area contributed by atoms with Gasteiger partial charge in [0.2, 0.25) is 10.0 Å². The van der Waals surface area contributed by atoms with Crippen molar-refractivity contribution in [1.82, 2.24) is 4.72 Å². The van der Waals surface area contributed by atoms with Gasteiger partial charge in [0.15, 0.2) is 0 Å². The number of hydrogen-bond acceptors (Lipinski definition) is 3. The van der Waals surface area contributed by atoms with E-state index in [2.05, 4.69) is 16.6 Å². The highest BCUT2D eigenvalue weighted by molar-refractivity contribution is 7.89. The van der Waals surface area contributed by atoms with Crippen LogP contribution in [0.4, 0.5) is 13.2 Å². The molecule has 0 heterocycles. The Balaban J connectivity index is 2.04. The number of ether oxygens (including phenoxy) is 1. The Morgan fingerprint density at radius 3 is 2.40 bits per heavy atom. The van der Waals surface area contributed by atoms with Gasteiger partial charge in [0.05, 0.1) is 24.1 Å². The van der Waals surface area contributed by atoms with Crippen molar-refractivity contribution in [2.75, 3.05) is 13.7 Å². The van der Waals surface area contributed by atoms with Crippen LogP contribution in [0.1, 0.15) is 11.1 Å². The zero-order chi connectivity index (χ0) is 18.5. The van der Waals surface area contributed by atoms with Crippen LogP contribution in [0, 0.1) is 11.8 Å². The van der Waals surface area contributed by atoms with Crippen LogP contribution in [0.3, 0.4) is 0 Å². The van der Waals surface area contributed by atoms with Gasteiger partial charge in [0, 0.05) is 5.56 Å². The molecule has 0 saturated carbocycles. The van der Waals surface area contributed by atoms with Gasteiger partial charge in [-0.3, -0.25) is 0 Å². The molecular weight excluding hydrogens is 355 g/mol. The van der Waals surface area contributed by atoms with E-state index in [1.165, 1.54) is 43.5 Å². The maximum absolute atomic E-state index is 12.6. The summed E-state index contributed by atoms with van der Waals surface area (Å²) < 4.78 is 69.1. The molecule has 0 fully saturated rings. The molecule has 8 heteroatoms. The van der Waals surface area contributed by atoms with Gasteiger partial charge in [-0.2, -0.15) is 17.9 Å². The maximum Gasteiger partial charge on any atom is 0.416 e. The Bertz CT molecular complexity index is 895. The first-order chi connectivity index (χ1) is 11.7. The summed E-state index contributed by atoms with van der Waals surface area (Å²) in [6, 6.07) is 10.3. The smallest absolute Gasteiger partial charge is 0.416 e. The van der Waals surface area contributed by atoms with Gasteiger partial charge in [-0.25, -0.2) is 8.42 Å². The molecule has 0 bridgehead atoms. The normalized spacial score (nSPS) is 11.5. The zero-order valence-electron chi connectivity index (χ0n) is 13.1. The Labute approximate surface area is 143 Å². The van der Waals surface area contributed by atoms with E-state index in [4.69, 9.17) is 4.74 Å². The van der Waals surface area contributed by atoms with E-state index in [9.17, 15) is 21.6 Å². The molecule has 0 spiro atoms. The van der Waals surface area contributed by atoms with Crippen molar-refractivity contribution in [3.8, 4) is 17.6 Å². The average Bonchev–Trinajstić information content (AvgIpc) is 2.58. The number of alkyl halides is 3. The van der Waals surface area contributed by atoms with E-state index in [1.807, 2.05) is 0 Å². The summed E-state index contributed by atoms with van der Waals surface area (Å²) in [5.74, 6) is 5.52. The van der Waals surface area contributed by atoms with Gasteiger partial charge in [-0.15, -0.1) is 0 Å². The zero-order valence-corrected chi connectivity index (χ0v) is 13.9. The Morgan fingerprint density at radius 1 is 1.12 bits per heavy atom. The van der Waals surface area contributed by atoms with E-state index in [-0.39, 0.29) is 17.0 Å². The largest absolute Gasteiger partial charge is 0.497 e. The van der Waals surface area contributed by atoms with Gasteiger partial charge in [-0.1, -0.05) is 17.9 Å². The summed E-state index contributed by atoms with van der Waals surface area (Å²) in [5, 5.41) is 0. The molecule has 1 N–H and O–H groups in total. The van der Waals surface area contributed by atoms with Crippen LogP contribution < -0.4 is 9.46 Å². The number of methoxy groups -OCH3 is 1. The number of benzene rings is 2. The van der Waals surface area contributed by atoms with Crippen molar-refractivity contribution < 1.29 is 26.3 Å². The van der Waals surface area contributed by atoms with Crippen LogP contribution in [-0.4, -0.2) is 22.1 Å². The lowest BCUT2D eigenvalue weighted by molar-refractivity contribution is -0.137. The number of rotatable bonds is 4. The quantitative estimate of drug-likeness (QED) is 0.843. The van der Waals surface area contributed by atoms with Crippen molar-refractivity contribution >= 4 is 10.0 Å². The topological polar surface area (TPSA) is 55.4 Å². The van der Waals surface area contributed by atoms with Crippen LogP contribution in [-0.2, 0) is 16.2 Å². The fraction of sp³-hybridized carbons (Fsp3) is 0.176. The molecule has 0 saturated heterocycles. The third-order valence-electron chi connectivity index (χ3n) is 3.14. The standard InChI is InChI=1S/C17H14F3NO3S/c1-24-15-7-9-16(10-8-15)25(22,23)21-11-3-5-13-4-2-6-14(12-13)17(18,19)20/h2,4,6-10,12,21H,11H2,1H3. The monoisotopic (exact) mass is 369 g/mol. The van der Waals surface area contributed by atoms with Crippen LogP contribution in [0.2, 0.25) is 0 Å². The second-order valence-electron chi connectivity index (χ2n) is 4.88. The average molecular weight is 369 g/mol. The lowest BCUT2D eigenvalue weighted by Crippen LogP contribution is -2.23. The number of halogens is 3. The molecule has 0 unspecified atom stereocenters. The van der Waals surface area contributed by atoms with Crippen molar-refractivity contribution in [2.45, 2.75) is 11.1 Å². The van der Waals surface area contributed by atoms with Crippen LogP contribution in [0.5, 0.6) is 5.75 Å². The first-order valence-electron chi connectivity index (χ1n) is 7.02. The molecule has 0 aliphatic carbocycles. The second-order valence-corrected chi connectivity index (χ2v) is 6.65. The Hall–Kier alpha value is -2.50. The molecule has 0 amide bonds. The lowest BCUT2D eigenvalue weighted by Gasteiger charge is -2.06. The summed E-state index contributed by atoms with van der Waals surface area (Å²) in [6.45, 7) is -0.232. The van der Waals surface area contributed by atoms with Crippen molar-refractivity contribution in [1.29, 1.82) is 0 Å². The fourth-order valence-corrected chi connectivity index (χ4v) is 2.81.